The van der Waals surface area contributed by atoms with E-state index in [-0.39, 0.29) is 17.6 Å². The Morgan fingerprint density at radius 1 is 1.10 bits per heavy atom. The first-order valence-corrected chi connectivity index (χ1v) is 7.49. The Bertz CT molecular complexity index is 546. The number of rotatable bonds is 2. The number of carbonyl (C=O) groups excluding carboxylic acids is 1. The highest BCUT2D eigenvalue weighted by atomic mass is 16.2. The van der Waals surface area contributed by atoms with Gasteiger partial charge in [0.25, 0.3) is 0 Å². The quantitative estimate of drug-likeness (QED) is 0.764. The number of carbonyl (C=O) groups is 1. The van der Waals surface area contributed by atoms with E-state index in [1.165, 1.54) is 12.8 Å². The maximum absolute atomic E-state index is 12.0. The molecule has 1 aromatic heterocycles. The van der Waals surface area contributed by atoms with Gasteiger partial charge in [0.05, 0.1) is 0 Å². The summed E-state index contributed by atoms with van der Waals surface area (Å²) in [5.74, 6) is 0. The molecule has 108 valence electrons. The summed E-state index contributed by atoms with van der Waals surface area (Å²) in [6, 6.07) is 3.89. The van der Waals surface area contributed by atoms with Crippen molar-refractivity contribution in [2.75, 3.05) is 0 Å². The van der Waals surface area contributed by atoms with Crippen LogP contribution in [0.5, 0.6) is 0 Å². The van der Waals surface area contributed by atoms with Crippen molar-refractivity contribution in [1.82, 2.24) is 15.6 Å². The molecule has 0 aromatic carbocycles. The molecule has 5 heteroatoms. The molecule has 0 bridgehead atoms. The predicted molar refractivity (Wildman–Crippen MR) is 76.8 cm³/mol. The van der Waals surface area contributed by atoms with Crippen LogP contribution in [0.2, 0.25) is 0 Å². The number of hydrogen-bond acceptors (Lipinski definition) is 2. The van der Waals surface area contributed by atoms with E-state index < -0.39 is 0 Å². The van der Waals surface area contributed by atoms with Crippen LogP contribution in [0.25, 0.3) is 0 Å². The van der Waals surface area contributed by atoms with Gasteiger partial charge in [0.15, 0.2) is 0 Å². The van der Waals surface area contributed by atoms with Gasteiger partial charge < -0.3 is 15.6 Å². The van der Waals surface area contributed by atoms with Crippen molar-refractivity contribution in [3.05, 3.63) is 33.7 Å². The van der Waals surface area contributed by atoms with E-state index in [9.17, 15) is 9.59 Å². The summed E-state index contributed by atoms with van der Waals surface area (Å²) in [7, 11) is 0. The van der Waals surface area contributed by atoms with E-state index in [1.807, 2.05) is 6.07 Å². The lowest BCUT2D eigenvalue weighted by Gasteiger charge is -2.26. The number of nitrogens with one attached hydrogen (secondary N) is 3. The number of fused-ring (bicyclic) bond motifs is 1. The minimum atomic E-state index is -0.0471. The second-order valence-corrected chi connectivity index (χ2v) is 5.87. The first kappa shape index (κ1) is 13.2. The molecule has 1 heterocycles. The van der Waals surface area contributed by atoms with Gasteiger partial charge in [0.1, 0.15) is 0 Å². The molecule has 1 saturated carbocycles. The van der Waals surface area contributed by atoms with Gasteiger partial charge in [-0.05, 0) is 37.7 Å². The average molecular weight is 275 g/mol. The van der Waals surface area contributed by atoms with Crippen LogP contribution in [-0.2, 0) is 12.8 Å². The van der Waals surface area contributed by atoms with Crippen LogP contribution in [0, 0.1) is 0 Å². The van der Waals surface area contributed by atoms with Gasteiger partial charge in [-0.3, -0.25) is 4.79 Å². The smallest absolute Gasteiger partial charge is 0.315 e. The lowest BCUT2D eigenvalue weighted by atomic mass is 9.92. The van der Waals surface area contributed by atoms with E-state index in [1.54, 1.807) is 6.07 Å². The number of hydrogen-bond donors (Lipinski definition) is 3. The maximum atomic E-state index is 12.0. The van der Waals surface area contributed by atoms with Crippen molar-refractivity contribution >= 4 is 6.03 Å². The Hall–Kier alpha value is -1.78. The number of H-pyrrole nitrogens is 1. The Morgan fingerprint density at radius 2 is 1.85 bits per heavy atom. The topological polar surface area (TPSA) is 74.0 Å². The van der Waals surface area contributed by atoms with Crippen LogP contribution in [0.4, 0.5) is 4.79 Å². The van der Waals surface area contributed by atoms with Crippen LogP contribution in [0.1, 0.15) is 43.4 Å². The third-order valence-corrected chi connectivity index (χ3v) is 4.33. The summed E-state index contributed by atoms with van der Waals surface area (Å²) in [6.45, 7) is 0. The Kier molecular flexibility index (Phi) is 3.76. The molecule has 20 heavy (non-hydrogen) atoms. The van der Waals surface area contributed by atoms with E-state index in [0.717, 1.165) is 43.4 Å². The molecule has 0 spiro atoms. The minimum absolute atomic E-state index is 0.0465. The molecular formula is C15H21N3O2. The maximum Gasteiger partial charge on any atom is 0.315 e. The monoisotopic (exact) mass is 275 g/mol. The van der Waals surface area contributed by atoms with Crippen LogP contribution in [-0.4, -0.2) is 23.1 Å². The Morgan fingerprint density at radius 3 is 2.65 bits per heavy atom. The average Bonchev–Trinajstić information content (AvgIpc) is 2.91. The fourth-order valence-electron chi connectivity index (χ4n) is 3.25. The molecule has 0 unspecified atom stereocenters. The second kappa shape index (κ2) is 5.69. The van der Waals surface area contributed by atoms with Crippen LogP contribution in [0.15, 0.2) is 16.9 Å². The van der Waals surface area contributed by atoms with Crippen LogP contribution >= 0.6 is 0 Å². The zero-order chi connectivity index (χ0) is 13.9. The third-order valence-electron chi connectivity index (χ3n) is 4.33. The Balaban J connectivity index is 1.55. The predicted octanol–water partition coefficient (Wildman–Crippen LogP) is 1.47. The highest BCUT2D eigenvalue weighted by Gasteiger charge is 2.22. The fraction of sp³-hybridized carbons (Fsp3) is 0.600. The molecule has 2 aliphatic carbocycles. The van der Waals surface area contributed by atoms with E-state index >= 15 is 0 Å². The van der Waals surface area contributed by atoms with Crippen molar-refractivity contribution < 1.29 is 4.79 Å². The van der Waals surface area contributed by atoms with E-state index in [4.69, 9.17) is 0 Å². The summed E-state index contributed by atoms with van der Waals surface area (Å²) in [4.78, 5) is 26.1. The second-order valence-electron chi connectivity index (χ2n) is 5.87. The lowest BCUT2D eigenvalue weighted by molar-refractivity contribution is 0.231. The molecule has 2 aliphatic rings. The van der Waals surface area contributed by atoms with Crippen molar-refractivity contribution in [2.24, 2.45) is 0 Å². The molecule has 1 aromatic rings. The molecule has 3 rings (SSSR count). The number of aromatic amines is 1. The Labute approximate surface area is 118 Å². The summed E-state index contributed by atoms with van der Waals surface area (Å²) < 4.78 is 0. The first-order chi connectivity index (χ1) is 9.70. The molecule has 5 nitrogen and oxygen atoms in total. The van der Waals surface area contributed by atoms with Gasteiger partial charge in [-0.25, -0.2) is 4.79 Å². The molecule has 2 amide bonds. The molecule has 0 saturated heterocycles. The van der Waals surface area contributed by atoms with Crippen LogP contribution < -0.4 is 16.2 Å². The number of pyridine rings is 1. The van der Waals surface area contributed by atoms with Gasteiger partial charge in [0.2, 0.25) is 5.56 Å². The molecular weight excluding hydrogens is 254 g/mol. The summed E-state index contributed by atoms with van der Waals surface area (Å²) >= 11 is 0. The SMILES string of the molecule is O=C(NC1CCCC1)N[C@@H]1CCc2[nH]c(=O)ccc2C1. The largest absolute Gasteiger partial charge is 0.335 e. The van der Waals surface area contributed by atoms with Crippen molar-refractivity contribution in [3.8, 4) is 0 Å². The number of amides is 2. The number of aryl methyl sites for hydroxylation is 1. The zero-order valence-electron chi connectivity index (χ0n) is 11.6. The molecule has 1 atom stereocenters. The highest BCUT2D eigenvalue weighted by Crippen LogP contribution is 2.19. The van der Waals surface area contributed by atoms with Crippen LogP contribution in [0.3, 0.4) is 0 Å². The summed E-state index contributed by atoms with van der Waals surface area (Å²) in [5.41, 5.74) is 2.11. The first-order valence-electron chi connectivity index (χ1n) is 7.49. The van der Waals surface area contributed by atoms with Gasteiger partial charge >= 0.3 is 6.03 Å². The number of urea groups is 1. The van der Waals surface area contributed by atoms with Gasteiger partial charge in [-0.2, -0.15) is 0 Å². The minimum Gasteiger partial charge on any atom is -0.335 e. The van der Waals surface area contributed by atoms with Crippen molar-refractivity contribution in [1.29, 1.82) is 0 Å². The van der Waals surface area contributed by atoms with Gasteiger partial charge in [0, 0.05) is 23.8 Å². The molecule has 3 N–H and O–H groups in total. The fourth-order valence-corrected chi connectivity index (χ4v) is 3.25. The zero-order valence-corrected chi connectivity index (χ0v) is 11.6. The van der Waals surface area contributed by atoms with E-state index in [2.05, 4.69) is 15.6 Å². The standard InChI is InChI=1S/C15H21N3O2/c19-14-8-5-10-9-12(6-7-13(10)18-14)17-15(20)16-11-3-1-2-4-11/h5,8,11-12H,1-4,6-7,9H2,(H,18,19)(H2,16,17,20)/t12-/m1/s1. The summed E-state index contributed by atoms with van der Waals surface area (Å²) in [5, 5.41) is 6.11. The van der Waals surface area contributed by atoms with Gasteiger partial charge in [-0.1, -0.05) is 18.9 Å². The molecule has 0 aliphatic heterocycles. The van der Waals surface area contributed by atoms with Crippen molar-refractivity contribution in [2.45, 2.75) is 57.0 Å². The number of aromatic nitrogens is 1. The van der Waals surface area contributed by atoms with Crippen molar-refractivity contribution in [3.63, 3.8) is 0 Å². The lowest BCUT2D eigenvalue weighted by Crippen LogP contribution is -2.47. The third kappa shape index (κ3) is 3.03. The van der Waals surface area contributed by atoms with Gasteiger partial charge in [-0.15, -0.1) is 0 Å². The molecule has 0 radical (unpaired) electrons. The normalized spacial score (nSPS) is 22.3. The molecule has 1 fully saturated rings. The van der Waals surface area contributed by atoms with E-state index in [0.29, 0.717) is 6.04 Å². The summed E-state index contributed by atoms with van der Waals surface area (Å²) in [6.07, 6.45) is 7.13. The highest BCUT2D eigenvalue weighted by molar-refractivity contribution is 5.74.